The van der Waals surface area contributed by atoms with Crippen molar-refractivity contribution in [2.75, 3.05) is 26.7 Å². The van der Waals surface area contributed by atoms with Crippen molar-refractivity contribution in [3.63, 3.8) is 0 Å². The molecule has 2 heterocycles. The van der Waals surface area contributed by atoms with E-state index in [1.807, 2.05) is 42.2 Å². The molecule has 0 saturated carbocycles. The number of benzene rings is 1. The summed E-state index contributed by atoms with van der Waals surface area (Å²) in [5.74, 6) is 1.07. The van der Waals surface area contributed by atoms with Gasteiger partial charge in [-0.3, -0.25) is 9.59 Å². The van der Waals surface area contributed by atoms with E-state index in [-0.39, 0.29) is 24.4 Å². The molecule has 2 amide bonds. The summed E-state index contributed by atoms with van der Waals surface area (Å²) in [6.45, 7) is 8.03. The molecule has 2 aromatic rings. The summed E-state index contributed by atoms with van der Waals surface area (Å²) in [6.07, 6.45) is 2.46. The van der Waals surface area contributed by atoms with Crippen LogP contribution in [-0.2, 0) is 16.1 Å². The van der Waals surface area contributed by atoms with E-state index < -0.39 is 0 Å². The van der Waals surface area contributed by atoms with Crippen molar-refractivity contribution in [1.82, 2.24) is 14.4 Å². The Balaban J connectivity index is 1.91. The standard InChI is InChI=1S/C23H31N3O3/c1-5-21(27)25(15-17(2)3)16-22(28)26-13-12-24-11-7-10-20(24)23(26)18-8-6-9-19(14-18)29-4/h6-11,14,17,23H,5,12-13,15-16H2,1-4H3. The van der Waals surface area contributed by atoms with Gasteiger partial charge in [-0.2, -0.15) is 0 Å². The highest BCUT2D eigenvalue weighted by Crippen LogP contribution is 2.34. The first-order chi connectivity index (χ1) is 13.9. The molecule has 0 fully saturated rings. The van der Waals surface area contributed by atoms with Gasteiger partial charge in [-0.05, 0) is 35.7 Å². The minimum Gasteiger partial charge on any atom is -0.497 e. The molecule has 3 rings (SSSR count). The SMILES string of the molecule is CCC(=O)N(CC(=O)N1CCn2cccc2C1c1cccc(OC)c1)CC(C)C. The summed E-state index contributed by atoms with van der Waals surface area (Å²) in [4.78, 5) is 29.4. The van der Waals surface area contributed by atoms with Gasteiger partial charge in [0.15, 0.2) is 0 Å². The molecule has 1 unspecified atom stereocenters. The fourth-order valence-corrected chi connectivity index (χ4v) is 3.99. The Morgan fingerprint density at radius 1 is 1.21 bits per heavy atom. The Hall–Kier alpha value is -2.76. The van der Waals surface area contributed by atoms with Crippen molar-refractivity contribution < 1.29 is 14.3 Å². The molecule has 0 saturated heterocycles. The van der Waals surface area contributed by atoms with E-state index in [2.05, 4.69) is 30.7 Å². The van der Waals surface area contributed by atoms with E-state index in [0.717, 1.165) is 23.6 Å². The predicted octanol–water partition coefficient (Wildman–Crippen LogP) is 3.32. The minimum absolute atomic E-state index is 0.0189. The van der Waals surface area contributed by atoms with Crippen LogP contribution in [0.5, 0.6) is 5.75 Å². The topological polar surface area (TPSA) is 54.8 Å². The van der Waals surface area contributed by atoms with Gasteiger partial charge in [-0.1, -0.05) is 32.9 Å². The molecular formula is C23H31N3O3. The van der Waals surface area contributed by atoms with Crippen LogP contribution in [0.2, 0.25) is 0 Å². The first-order valence-electron chi connectivity index (χ1n) is 10.3. The van der Waals surface area contributed by atoms with Crippen molar-refractivity contribution >= 4 is 11.8 Å². The number of nitrogens with zero attached hydrogens (tertiary/aromatic N) is 3. The summed E-state index contributed by atoms with van der Waals surface area (Å²) in [5, 5.41) is 0. The van der Waals surface area contributed by atoms with Crippen LogP contribution in [0.4, 0.5) is 0 Å². The molecule has 1 aliphatic heterocycles. The molecular weight excluding hydrogens is 366 g/mol. The number of carbonyl (C=O) groups is 2. The second-order valence-corrected chi connectivity index (χ2v) is 7.91. The highest BCUT2D eigenvalue weighted by atomic mass is 16.5. The van der Waals surface area contributed by atoms with Crippen LogP contribution in [-0.4, -0.2) is 52.9 Å². The van der Waals surface area contributed by atoms with Crippen molar-refractivity contribution in [1.29, 1.82) is 0 Å². The zero-order valence-corrected chi connectivity index (χ0v) is 17.8. The number of ether oxygens (including phenoxy) is 1. The minimum atomic E-state index is -0.195. The Morgan fingerprint density at radius 3 is 2.69 bits per heavy atom. The third-order valence-corrected chi connectivity index (χ3v) is 5.33. The number of rotatable bonds is 7. The van der Waals surface area contributed by atoms with E-state index in [9.17, 15) is 9.59 Å². The zero-order valence-electron chi connectivity index (χ0n) is 17.8. The average Bonchev–Trinajstić information content (AvgIpc) is 3.20. The quantitative estimate of drug-likeness (QED) is 0.720. The normalized spacial score (nSPS) is 15.9. The number of hydrogen-bond donors (Lipinski definition) is 0. The Kier molecular flexibility index (Phi) is 6.62. The number of amides is 2. The van der Waals surface area contributed by atoms with Crippen molar-refractivity contribution in [2.24, 2.45) is 5.92 Å². The summed E-state index contributed by atoms with van der Waals surface area (Å²) in [5.41, 5.74) is 2.09. The second-order valence-electron chi connectivity index (χ2n) is 7.91. The maximum atomic E-state index is 13.4. The molecule has 156 valence electrons. The van der Waals surface area contributed by atoms with E-state index in [0.29, 0.717) is 25.4 Å². The maximum Gasteiger partial charge on any atom is 0.243 e. The van der Waals surface area contributed by atoms with Crippen LogP contribution in [0, 0.1) is 5.92 Å². The van der Waals surface area contributed by atoms with Crippen molar-refractivity contribution in [2.45, 2.75) is 39.8 Å². The molecule has 6 nitrogen and oxygen atoms in total. The van der Waals surface area contributed by atoms with Gasteiger partial charge in [0.1, 0.15) is 5.75 Å². The van der Waals surface area contributed by atoms with E-state index in [4.69, 9.17) is 4.74 Å². The van der Waals surface area contributed by atoms with Gasteiger partial charge in [0, 0.05) is 37.9 Å². The lowest BCUT2D eigenvalue weighted by Crippen LogP contribution is -2.48. The highest BCUT2D eigenvalue weighted by Gasteiger charge is 2.33. The fraction of sp³-hybridized carbons (Fsp3) is 0.478. The van der Waals surface area contributed by atoms with Gasteiger partial charge in [0.25, 0.3) is 0 Å². The molecule has 0 radical (unpaired) electrons. The summed E-state index contributed by atoms with van der Waals surface area (Å²) in [6, 6.07) is 11.7. The second kappa shape index (κ2) is 9.16. The molecule has 6 heteroatoms. The number of carbonyl (C=O) groups excluding carboxylic acids is 2. The number of hydrogen-bond acceptors (Lipinski definition) is 3. The van der Waals surface area contributed by atoms with E-state index in [1.54, 1.807) is 12.0 Å². The molecule has 0 aliphatic carbocycles. The van der Waals surface area contributed by atoms with Crippen LogP contribution in [0.1, 0.15) is 44.5 Å². The lowest BCUT2D eigenvalue weighted by atomic mass is 9.99. The van der Waals surface area contributed by atoms with Gasteiger partial charge >= 0.3 is 0 Å². The first-order valence-corrected chi connectivity index (χ1v) is 10.3. The molecule has 0 bridgehead atoms. The fourth-order valence-electron chi connectivity index (χ4n) is 3.99. The summed E-state index contributed by atoms with van der Waals surface area (Å²) in [7, 11) is 1.64. The maximum absolute atomic E-state index is 13.4. The average molecular weight is 398 g/mol. The van der Waals surface area contributed by atoms with Gasteiger partial charge < -0.3 is 19.1 Å². The first kappa shape index (κ1) is 21.0. The van der Waals surface area contributed by atoms with Crippen LogP contribution >= 0.6 is 0 Å². The Labute approximate surface area is 173 Å². The molecule has 1 aromatic carbocycles. The van der Waals surface area contributed by atoms with Gasteiger partial charge in [-0.15, -0.1) is 0 Å². The van der Waals surface area contributed by atoms with Crippen molar-refractivity contribution in [3.8, 4) is 5.75 Å². The van der Waals surface area contributed by atoms with Gasteiger partial charge in [0.2, 0.25) is 11.8 Å². The molecule has 1 atom stereocenters. The molecule has 0 spiro atoms. The molecule has 1 aliphatic rings. The summed E-state index contributed by atoms with van der Waals surface area (Å²) >= 11 is 0. The Morgan fingerprint density at radius 2 is 2.00 bits per heavy atom. The van der Waals surface area contributed by atoms with Gasteiger partial charge in [-0.25, -0.2) is 0 Å². The summed E-state index contributed by atoms with van der Waals surface area (Å²) < 4.78 is 7.59. The largest absolute Gasteiger partial charge is 0.497 e. The third kappa shape index (κ3) is 4.63. The lowest BCUT2D eigenvalue weighted by molar-refractivity contribution is -0.142. The van der Waals surface area contributed by atoms with E-state index >= 15 is 0 Å². The smallest absolute Gasteiger partial charge is 0.243 e. The van der Waals surface area contributed by atoms with Crippen LogP contribution in [0.15, 0.2) is 42.6 Å². The zero-order chi connectivity index (χ0) is 21.0. The highest BCUT2D eigenvalue weighted by molar-refractivity contribution is 5.85. The Bertz CT molecular complexity index is 859. The monoisotopic (exact) mass is 397 g/mol. The van der Waals surface area contributed by atoms with Crippen LogP contribution in [0.25, 0.3) is 0 Å². The van der Waals surface area contributed by atoms with E-state index in [1.165, 1.54) is 0 Å². The lowest BCUT2D eigenvalue weighted by Gasteiger charge is -2.38. The predicted molar refractivity (Wildman–Crippen MR) is 113 cm³/mol. The number of methoxy groups -OCH3 is 1. The number of fused-ring (bicyclic) bond motifs is 1. The third-order valence-electron chi connectivity index (χ3n) is 5.33. The van der Waals surface area contributed by atoms with Gasteiger partial charge in [0.05, 0.1) is 19.7 Å². The molecule has 0 N–H and O–H groups in total. The molecule has 1 aromatic heterocycles. The number of aromatic nitrogens is 1. The van der Waals surface area contributed by atoms with Crippen LogP contribution in [0.3, 0.4) is 0 Å². The van der Waals surface area contributed by atoms with Crippen LogP contribution < -0.4 is 4.74 Å². The molecule has 29 heavy (non-hydrogen) atoms. The van der Waals surface area contributed by atoms with Crippen molar-refractivity contribution in [3.05, 3.63) is 53.9 Å².